The van der Waals surface area contributed by atoms with Gasteiger partial charge in [0.1, 0.15) is 0 Å². The highest BCUT2D eigenvalue weighted by molar-refractivity contribution is 6.33. The minimum Gasteiger partial charge on any atom is -0.337 e. The van der Waals surface area contributed by atoms with Crippen molar-refractivity contribution in [3.63, 3.8) is 0 Å². The average Bonchev–Trinajstić information content (AvgIpc) is 2.76. The van der Waals surface area contributed by atoms with Gasteiger partial charge in [0, 0.05) is 5.56 Å². The smallest absolute Gasteiger partial charge is 0.244 e. The van der Waals surface area contributed by atoms with Gasteiger partial charge in [-0.2, -0.15) is 4.98 Å². The molecule has 5 heteroatoms. The van der Waals surface area contributed by atoms with Crippen LogP contribution in [0.25, 0.3) is 11.4 Å². The van der Waals surface area contributed by atoms with Gasteiger partial charge in [-0.15, -0.1) is 0 Å². The molecule has 0 radical (unpaired) electrons. The highest BCUT2D eigenvalue weighted by Crippen LogP contribution is 2.31. The van der Waals surface area contributed by atoms with Gasteiger partial charge in [0.25, 0.3) is 0 Å². The van der Waals surface area contributed by atoms with Crippen LogP contribution in [0.5, 0.6) is 0 Å². The van der Waals surface area contributed by atoms with E-state index in [1.165, 1.54) is 0 Å². The second kappa shape index (κ2) is 4.71. The van der Waals surface area contributed by atoms with Crippen LogP contribution >= 0.6 is 11.6 Å². The molecule has 0 unspecified atom stereocenters. The molecule has 0 spiro atoms. The van der Waals surface area contributed by atoms with Gasteiger partial charge in [-0.05, 0) is 17.5 Å². The Morgan fingerprint density at radius 2 is 1.94 bits per heavy atom. The Bertz CT molecular complexity index is 545. The second-order valence-corrected chi connectivity index (χ2v) is 5.69. The van der Waals surface area contributed by atoms with E-state index in [0.29, 0.717) is 16.7 Å². The molecule has 18 heavy (non-hydrogen) atoms. The Balaban J connectivity index is 2.35. The van der Waals surface area contributed by atoms with Crippen molar-refractivity contribution in [1.82, 2.24) is 10.1 Å². The molecule has 2 aromatic rings. The fourth-order valence-corrected chi connectivity index (χ4v) is 1.70. The van der Waals surface area contributed by atoms with E-state index in [2.05, 4.69) is 10.1 Å². The Kier molecular flexibility index (Phi) is 3.41. The van der Waals surface area contributed by atoms with E-state index in [1.54, 1.807) is 6.07 Å². The molecule has 1 atom stereocenters. The van der Waals surface area contributed by atoms with Crippen molar-refractivity contribution >= 4 is 11.6 Å². The molecule has 0 bridgehead atoms. The Hall–Kier alpha value is -1.39. The molecule has 2 rings (SSSR count). The number of rotatable bonds is 2. The van der Waals surface area contributed by atoms with Gasteiger partial charge in [0.15, 0.2) is 0 Å². The van der Waals surface area contributed by atoms with Crippen LogP contribution in [-0.2, 0) is 0 Å². The highest BCUT2D eigenvalue weighted by atomic mass is 35.5. The van der Waals surface area contributed by atoms with Crippen molar-refractivity contribution in [2.45, 2.75) is 26.8 Å². The van der Waals surface area contributed by atoms with E-state index in [9.17, 15) is 0 Å². The predicted molar refractivity (Wildman–Crippen MR) is 71.1 cm³/mol. The maximum Gasteiger partial charge on any atom is 0.244 e. The van der Waals surface area contributed by atoms with Gasteiger partial charge in [0.05, 0.1) is 11.1 Å². The lowest BCUT2D eigenvalue weighted by Gasteiger charge is -2.23. The first-order chi connectivity index (χ1) is 8.39. The van der Waals surface area contributed by atoms with E-state index in [-0.39, 0.29) is 11.5 Å². The van der Waals surface area contributed by atoms with Crippen LogP contribution in [-0.4, -0.2) is 10.1 Å². The number of nitrogens with two attached hydrogens (primary N) is 1. The van der Waals surface area contributed by atoms with Crippen molar-refractivity contribution in [2.75, 3.05) is 0 Å². The third-order valence-corrected chi connectivity index (χ3v) is 3.09. The van der Waals surface area contributed by atoms with Crippen LogP contribution < -0.4 is 5.73 Å². The SMILES string of the molecule is CC(C)(C)[C@@H](N)c1nc(-c2ccccc2Cl)no1. The van der Waals surface area contributed by atoms with E-state index in [4.69, 9.17) is 21.9 Å². The lowest BCUT2D eigenvalue weighted by molar-refractivity contribution is 0.253. The molecule has 96 valence electrons. The molecular formula is C13H16ClN3O. The molecule has 0 saturated heterocycles. The van der Waals surface area contributed by atoms with Crippen LogP contribution in [0.1, 0.15) is 32.7 Å². The van der Waals surface area contributed by atoms with Crippen LogP contribution in [0.4, 0.5) is 0 Å². The Labute approximate surface area is 111 Å². The monoisotopic (exact) mass is 265 g/mol. The summed E-state index contributed by atoms with van der Waals surface area (Å²) in [7, 11) is 0. The second-order valence-electron chi connectivity index (χ2n) is 5.28. The van der Waals surface area contributed by atoms with E-state index >= 15 is 0 Å². The summed E-state index contributed by atoms with van der Waals surface area (Å²) in [5.41, 5.74) is 6.68. The van der Waals surface area contributed by atoms with E-state index in [0.717, 1.165) is 5.56 Å². The van der Waals surface area contributed by atoms with Gasteiger partial charge in [-0.3, -0.25) is 0 Å². The van der Waals surface area contributed by atoms with Gasteiger partial charge in [-0.1, -0.05) is 49.7 Å². The van der Waals surface area contributed by atoms with Crippen LogP contribution in [0.3, 0.4) is 0 Å². The molecule has 0 fully saturated rings. The Morgan fingerprint density at radius 1 is 1.28 bits per heavy atom. The van der Waals surface area contributed by atoms with Crippen molar-refractivity contribution < 1.29 is 4.52 Å². The first-order valence-corrected chi connectivity index (χ1v) is 6.11. The fraction of sp³-hybridized carbons (Fsp3) is 0.385. The summed E-state index contributed by atoms with van der Waals surface area (Å²) < 4.78 is 5.22. The third kappa shape index (κ3) is 2.54. The standard InChI is InChI=1S/C13H16ClN3O/c1-13(2,3)10(15)12-16-11(17-18-12)8-6-4-5-7-9(8)14/h4-7,10H,15H2,1-3H3/t10-/m0/s1. The maximum atomic E-state index is 6.08. The summed E-state index contributed by atoms with van der Waals surface area (Å²) >= 11 is 6.08. The molecule has 0 amide bonds. The van der Waals surface area contributed by atoms with Crippen LogP contribution in [0.15, 0.2) is 28.8 Å². The van der Waals surface area contributed by atoms with Crippen LogP contribution in [0.2, 0.25) is 5.02 Å². The zero-order chi connectivity index (χ0) is 13.3. The summed E-state index contributed by atoms with van der Waals surface area (Å²) in [4.78, 5) is 4.32. The maximum absolute atomic E-state index is 6.08. The topological polar surface area (TPSA) is 64.9 Å². The lowest BCUT2D eigenvalue weighted by atomic mass is 9.87. The van der Waals surface area contributed by atoms with Crippen LogP contribution in [0, 0.1) is 5.41 Å². The predicted octanol–water partition coefficient (Wildman–Crippen LogP) is 3.44. The van der Waals surface area contributed by atoms with Gasteiger partial charge in [0.2, 0.25) is 11.7 Å². The quantitative estimate of drug-likeness (QED) is 0.903. The van der Waals surface area contributed by atoms with Crippen molar-refractivity contribution in [3.8, 4) is 11.4 Å². The molecular weight excluding hydrogens is 250 g/mol. The number of nitrogens with zero attached hydrogens (tertiary/aromatic N) is 2. The fourth-order valence-electron chi connectivity index (χ4n) is 1.48. The molecule has 0 aliphatic carbocycles. The highest BCUT2D eigenvalue weighted by Gasteiger charge is 2.27. The summed E-state index contributed by atoms with van der Waals surface area (Å²) in [5.74, 6) is 0.896. The summed E-state index contributed by atoms with van der Waals surface area (Å²) in [6.07, 6.45) is 0. The first-order valence-electron chi connectivity index (χ1n) is 5.73. The minimum atomic E-state index is -0.304. The largest absolute Gasteiger partial charge is 0.337 e. The number of benzene rings is 1. The molecule has 2 N–H and O–H groups in total. The molecule has 4 nitrogen and oxygen atoms in total. The average molecular weight is 266 g/mol. The third-order valence-electron chi connectivity index (χ3n) is 2.76. The molecule has 1 aromatic carbocycles. The number of aromatic nitrogens is 2. The van der Waals surface area contributed by atoms with Gasteiger partial charge >= 0.3 is 0 Å². The number of hydrogen-bond donors (Lipinski definition) is 1. The molecule has 0 saturated carbocycles. The number of halogens is 1. The Morgan fingerprint density at radius 3 is 2.56 bits per heavy atom. The van der Waals surface area contributed by atoms with Crippen molar-refractivity contribution in [2.24, 2.45) is 11.1 Å². The van der Waals surface area contributed by atoms with E-state index < -0.39 is 0 Å². The minimum absolute atomic E-state index is 0.135. The summed E-state index contributed by atoms with van der Waals surface area (Å²) in [6, 6.07) is 7.06. The van der Waals surface area contributed by atoms with Crippen molar-refractivity contribution in [3.05, 3.63) is 35.2 Å². The van der Waals surface area contributed by atoms with Crippen molar-refractivity contribution in [1.29, 1.82) is 0 Å². The first kappa shape index (κ1) is 13.1. The summed E-state index contributed by atoms with van der Waals surface area (Å²) in [6.45, 7) is 6.07. The molecule has 0 aliphatic heterocycles. The normalized spacial score (nSPS) is 13.6. The van der Waals surface area contributed by atoms with Gasteiger partial charge in [-0.25, -0.2) is 0 Å². The van der Waals surface area contributed by atoms with Gasteiger partial charge < -0.3 is 10.3 Å². The zero-order valence-electron chi connectivity index (χ0n) is 10.6. The van der Waals surface area contributed by atoms with E-state index in [1.807, 2.05) is 39.0 Å². The zero-order valence-corrected chi connectivity index (χ0v) is 11.4. The lowest BCUT2D eigenvalue weighted by Crippen LogP contribution is -2.26. The molecule has 1 heterocycles. The molecule has 1 aromatic heterocycles. The summed E-state index contributed by atoms with van der Waals surface area (Å²) in [5, 5.41) is 4.52. The molecule has 0 aliphatic rings. The number of hydrogen-bond acceptors (Lipinski definition) is 4.